The Bertz CT molecular complexity index is 2130. The van der Waals surface area contributed by atoms with Crippen LogP contribution in [0.5, 0.6) is 0 Å². The standard InChI is InChI=1S/C43H40O2/c1-26-22-37-29(13-17-34-32-18-19-41(2,3)24-30(32)25-42(4,5)38(34)37)23-36(26)35-16-12-27-8-6-7-9-33(27)39(35)43(20-21-43)31-14-10-28(11-15-31)40(44)45/h6-19,22-23H,20-21,24-25H2,1-5H3,(H,44,45). The predicted molar refractivity (Wildman–Crippen MR) is 187 cm³/mol. The van der Waals surface area contributed by atoms with E-state index >= 15 is 0 Å². The summed E-state index contributed by atoms with van der Waals surface area (Å²) in [7, 11) is 0. The Hall–Kier alpha value is -4.43. The van der Waals surface area contributed by atoms with E-state index in [0.717, 1.165) is 25.7 Å². The molecule has 8 rings (SSSR count). The van der Waals surface area contributed by atoms with E-state index in [-0.39, 0.29) is 16.2 Å². The number of carbonyl (C=O) groups is 1. The summed E-state index contributed by atoms with van der Waals surface area (Å²) in [5.41, 5.74) is 12.8. The molecule has 5 aromatic rings. The molecule has 0 aromatic heterocycles. The van der Waals surface area contributed by atoms with Gasteiger partial charge in [0.1, 0.15) is 0 Å². The number of hydrogen-bond donors (Lipinski definition) is 1. The summed E-state index contributed by atoms with van der Waals surface area (Å²) >= 11 is 0. The van der Waals surface area contributed by atoms with Crippen molar-refractivity contribution in [2.75, 3.05) is 0 Å². The van der Waals surface area contributed by atoms with Crippen LogP contribution in [0.2, 0.25) is 0 Å². The van der Waals surface area contributed by atoms with Crippen LogP contribution in [-0.4, -0.2) is 11.1 Å². The smallest absolute Gasteiger partial charge is 0.335 e. The minimum Gasteiger partial charge on any atom is -0.478 e. The van der Waals surface area contributed by atoms with Gasteiger partial charge >= 0.3 is 5.97 Å². The van der Waals surface area contributed by atoms with Gasteiger partial charge in [0.15, 0.2) is 0 Å². The second kappa shape index (κ2) is 9.54. The van der Waals surface area contributed by atoms with Crippen LogP contribution in [0.3, 0.4) is 0 Å². The van der Waals surface area contributed by atoms with Crippen molar-refractivity contribution in [1.29, 1.82) is 0 Å². The minimum atomic E-state index is -0.884. The van der Waals surface area contributed by atoms with Crippen LogP contribution in [-0.2, 0) is 10.8 Å². The number of carboxylic acids is 1. The third-order valence-corrected chi connectivity index (χ3v) is 10.9. The maximum absolute atomic E-state index is 11.6. The molecule has 0 unspecified atom stereocenters. The Kier molecular flexibility index (Phi) is 5.95. The van der Waals surface area contributed by atoms with Crippen LogP contribution in [0.25, 0.3) is 38.2 Å². The molecule has 3 aliphatic rings. The summed E-state index contributed by atoms with van der Waals surface area (Å²) in [4.78, 5) is 11.6. The Labute approximate surface area is 266 Å². The van der Waals surface area contributed by atoms with E-state index in [1.807, 2.05) is 12.1 Å². The van der Waals surface area contributed by atoms with Crippen molar-refractivity contribution >= 4 is 33.1 Å². The number of allylic oxidation sites excluding steroid dienone is 4. The zero-order chi connectivity index (χ0) is 31.3. The molecule has 1 fully saturated rings. The first kappa shape index (κ1) is 28.1. The lowest BCUT2D eigenvalue weighted by atomic mass is 9.64. The molecule has 0 heterocycles. The minimum absolute atomic E-state index is 0.0528. The molecule has 0 amide bonds. The third kappa shape index (κ3) is 4.33. The summed E-state index contributed by atoms with van der Waals surface area (Å²) in [6.07, 6.45) is 9.12. The molecule has 0 aliphatic heterocycles. The van der Waals surface area contributed by atoms with Gasteiger partial charge in [0.2, 0.25) is 0 Å². The maximum Gasteiger partial charge on any atom is 0.335 e. The molecule has 0 saturated heterocycles. The monoisotopic (exact) mass is 588 g/mol. The van der Waals surface area contributed by atoms with Gasteiger partial charge in [-0.15, -0.1) is 0 Å². The summed E-state index contributed by atoms with van der Waals surface area (Å²) in [6.45, 7) is 11.8. The lowest BCUT2D eigenvalue weighted by Gasteiger charge is -2.40. The molecule has 1 N–H and O–H groups in total. The average Bonchev–Trinajstić information content (AvgIpc) is 3.81. The second-order valence-electron chi connectivity index (χ2n) is 15.1. The third-order valence-electron chi connectivity index (χ3n) is 10.9. The molecule has 0 atom stereocenters. The van der Waals surface area contributed by atoms with Gasteiger partial charge in [0.05, 0.1) is 5.56 Å². The maximum atomic E-state index is 11.6. The van der Waals surface area contributed by atoms with Crippen LogP contribution < -0.4 is 0 Å². The topological polar surface area (TPSA) is 37.3 Å². The molecule has 45 heavy (non-hydrogen) atoms. The highest BCUT2D eigenvalue weighted by Crippen LogP contribution is 2.58. The molecule has 0 bridgehead atoms. The van der Waals surface area contributed by atoms with Gasteiger partial charge in [-0.2, -0.15) is 0 Å². The first-order valence-electron chi connectivity index (χ1n) is 16.3. The van der Waals surface area contributed by atoms with Crippen molar-refractivity contribution < 1.29 is 9.90 Å². The number of aryl methyl sites for hydroxylation is 1. The number of hydrogen-bond acceptors (Lipinski definition) is 1. The Morgan fingerprint density at radius 1 is 0.711 bits per heavy atom. The van der Waals surface area contributed by atoms with E-state index < -0.39 is 5.97 Å². The average molecular weight is 589 g/mol. The Morgan fingerprint density at radius 3 is 2.16 bits per heavy atom. The van der Waals surface area contributed by atoms with Crippen molar-refractivity contribution in [2.45, 2.75) is 71.1 Å². The van der Waals surface area contributed by atoms with E-state index in [2.05, 4.69) is 107 Å². The summed E-state index contributed by atoms with van der Waals surface area (Å²) in [5, 5.41) is 14.7. The van der Waals surface area contributed by atoms with Crippen LogP contribution in [0.1, 0.15) is 91.6 Å². The highest BCUT2D eigenvalue weighted by molar-refractivity contribution is 6.00. The van der Waals surface area contributed by atoms with Crippen LogP contribution in [0.15, 0.2) is 103 Å². The van der Waals surface area contributed by atoms with Gasteiger partial charge in [-0.1, -0.05) is 112 Å². The van der Waals surface area contributed by atoms with Gasteiger partial charge in [0.25, 0.3) is 0 Å². The van der Waals surface area contributed by atoms with Crippen molar-refractivity contribution in [1.82, 2.24) is 0 Å². The SMILES string of the molecule is Cc1cc2c3c(ccc2cc1-c1ccc2ccccc2c1C1(c2ccc(C(=O)O)cc2)CC1)C1=C(CC(C)(C)C=C1)CC3(C)C. The van der Waals surface area contributed by atoms with Crippen LogP contribution in [0, 0.1) is 12.3 Å². The first-order chi connectivity index (χ1) is 21.5. The van der Waals surface area contributed by atoms with E-state index in [4.69, 9.17) is 0 Å². The largest absolute Gasteiger partial charge is 0.478 e. The number of carboxylic acid groups (broad SMARTS) is 1. The van der Waals surface area contributed by atoms with E-state index in [1.54, 1.807) is 17.7 Å². The highest BCUT2D eigenvalue weighted by Gasteiger charge is 2.48. The molecule has 5 aromatic carbocycles. The molecule has 224 valence electrons. The quantitative estimate of drug-likeness (QED) is 0.227. The lowest BCUT2D eigenvalue weighted by molar-refractivity contribution is 0.0697. The molecular weight excluding hydrogens is 548 g/mol. The van der Waals surface area contributed by atoms with Crippen molar-refractivity contribution in [3.8, 4) is 11.1 Å². The Balaban J connectivity index is 1.33. The zero-order valence-corrected chi connectivity index (χ0v) is 26.9. The zero-order valence-electron chi connectivity index (χ0n) is 26.9. The summed E-state index contributed by atoms with van der Waals surface area (Å²) in [6, 6.07) is 30.5. The fourth-order valence-corrected chi connectivity index (χ4v) is 8.67. The fourth-order valence-electron chi connectivity index (χ4n) is 8.67. The van der Waals surface area contributed by atoms with Gasteiger partial charge in [-0.3, -0.25) is 0 Å². The van der Waals surface area contributed by atoms with Crippen molar-refractivity contribution in [2.24, 2.45) is 5.41 Å². The van der Waals surface area contributed by atoms with E-state index in [9.17, 15) is 9.90 Å². The molecule has 2 heteroatoms. The first-order valence-corrected chi connectivity index (χ1v) is 16.3. The highest BCUT2D eigenvalue weighted by atomic mass is 16.4. The van der Waals surface area contributed by atoms with Crippen molar-refractivity contribution in [3.05, 3.63) is 136 Å². The lowest BCUT2D eigenvalue weighted by Crippen LogP contribution is -2.27. The Morgan fingerprint density at radius 2 is 1.42 bits per heavy atom. The molecule has 3 aliphatic carbocycles. The molecule has 2 nitrogen and oxygen atoms in total. The number of aromatic carboxylic acids is 1. The van der Waals surface area contributed by atoms with Gasteiger partial charge in [0, 0.05) is 5.41 Å². The number of rotatable bonds is 4. The van der Waals surface area contributed by atoms with Crippen LogP contribution in [0.4, 0.5) is 0 Å². The molecule has 0 radical (unpaired) electrons. The fraction of sp³-hybridized carbons (Fsp3) is 0.279. The summed E-state index contributed by atoms with van der Waals surface area (Å²) in [5.74, 6) is -0.884. The van der Waals surface area contributed by atoms with Gasteiger partial charge in [-0.25, -0.2) is 4.79 Å². The van der Waals surface area contributed by atoms with Gasteiger partial charge < -0.3 is 5.11 Å². The normalized spacial score (nSPS) is 19.0. The molecule has 0 spiro atoms. The molecule has 1 saturated carbocycles. The van der Waals surface area contributed by atoms with Crippen molar-refractivity contribution in [3.63, 3.8) is 0 Å². The number of benzene rings is 5. The van der Waals surface area contributed by atoms with E-state index in [1.165, 1.54) is 66.1 Å². The molecular formula is C43H40O2. The predicted octanol–water partition coefficient (Wildman–Crippen LogP) is 11.2. The second-order valence-corrected chi connectivity index (χ2v) is 15.1. The van der Waals surface area contributed by atoms with Gasteiger partial charge in [-0.05, 0) is 128 Å². The van der Waals surface area contributed by atoms with E-state index in [0.29, 0.717) is 5.56 Å². The summed E-state index contributed by atoms with van der Waals surface area (Å²) < 4.78 is 0. The van der Waals surface area contributed by atoms with Crippen LogP contribution >= 0.6 is 0 Å². The number of fused-ring (bicyclic) bond motifs is 5.